The van der Waals surface area contributed by atoms with E-state index in [0.29, 0.717) is 6.54 Å². The number of aliphatic carboxylic acids is 1. The monoisotopic (exact) mass is 284 g/mol. The number of rotatable bonds is 3. The smallest absolute Gasteiger partial charge is 0.310 e. The van der Waals surface area contributed by atoms with Crippen LogP contribution in [0, 0.1) is 5.41 Å². The number of piperidine rings is 1. The van der Waals surface area contributed by atoms with E-state index in [2.05, 4.69) is 28.1 Å². The highest BCUT2D eigenvalue weighted by atomic mass is 16.4. The highest BCUT2D eigenvalue weighted by molar-refractivity contribution is 5.79. The Morgan fingerprint density at radius 1 is 1.43 bits per heavy atom. The fourth-order valence-electron chi connectivity index (χ4n) is 3.14. The minimum atomic E-state index is -0.685. The second-order valence-electron chi connectivity index (χ2n) is 6.21. The molecule has 0 spiro atoms. The summed E-state index contributed by atoms with van der Waals surface area (Å²) in [5.41, 5.74) is 1.59. The molecule has 1 unspecified atom stereocenters. The first-order valence-electron chi connectivity index (χ1n) is 7.36. The first-order valence-corrected chi connectivity index (χ1v) is 7.36. The molecule has 4 heteroatoms. The maximum atomic E-state index is 11.4. The van der Waals surface area contributed by atoms with E-state index >= 15 is 0 Å². The largest absolute Gasteiger partial charge is 0.481 e. The molecule has 2 aromatic rings. The van der Waals surface area contributed by atoms with Crippen molar-refractivity contribution in [1.82, 2.24) is 9.88 Å². The minimum Gasteiger partial charge on any atom is -0.481 e. The maximum absolute atomic E-state index is 11.4. The van der Waals surface area contributed by atoms with Gasteiger partial charge in [-0.2, -0.15) is 0 Å². The summed E-state index contributed by atoms with van der Waals surface area (Å²) in [7, 11) is 0. The van der Waals surface area contributed by atoms with Gasteiger partial charge in [-0.05, 0) is 50.1 Å². The molecular weight excluding hydrogens is 264 g/mol. The summed E-state index contributed by atoms with van der Waals surface area (Å²) < 4.78 is 0. The van der Waals surface area contributed by atoms with Crippen molar-refractivity contribution in [2.45, 2.75) is 26.3 Å². The zero-order valence-electron chi connectivity index (χ0n) is 12.2. The molecule has 1 N–H and O–H groups in total. The molecule has 1 aliphatic rings. The summed E-state index contributed by atoms with van der Waals surface area (Å²) >= 11 is 0. The lowest BCUT2D eigenvalue weighted by atomic mass is 9.82. The van der Waals surface area contributed by atoms with Gasteiger partial charge in [0.05, 0.1) is 10.9 Å². The van der Waals surface area contributed by atoms with Crippen molar-refractivity contribution in [3.8, 4) is 0 Å². The lowest BCUT2D eigenvalue weighted by Crippen LogP contribution is -2.45. The molecule has 1 aliphatic heterocycles. The molecule has 2 heterocycles. The number of carboxylic acid groups (broad SMARTS) is 1. The average Bonchev–Trinajstić information content (AvgIpc) is 2.47. The van der Waals surface area contributed by atoms with Crippen molar-refractivity contribution in [2.24, 2.45) is 5.41 Å². The molecule has 1 saturated heterocycles. The quantitative estimate of drug-likeness (QED) is 0.941. The normalized spacial score (nSPS) is 23.3. The SMILES string of the molecule is CC1(C(=O)O)CCCN(Cc2ccc3ncccc3c2)C1. The molecule has 1 aromatic carbocycles. The fraction of sp³-hybridized carbons (Fsp3) is 0.412. The topological polar surface area (TPSA) is 53.4 Å². The van der Waals surface area contributed by atoms with Crippen LogP contribution in [-0.2, 0) is 11.3 Å². The van der Waals surface area contributed by atoms with E-state index in [4.69, 9.17) is 0 Å². The molecule has 110 valence electrons. The molecule has 0 bridgehead atoms. The Hall–Kier alpha value is -1.94. The number of likely N-dealkylation sites (tertiary alicyclic amines) is 1. The molecule has 1 aromatic heterocycles. The van der Waals surface area contributed by atoms with Gasteiger partial charge in [-0.15, -0.1) is 0 Å². The van der Waals surface area contributed by atoms with Crippen LogP contribution in [0.3, 0.4) is 0 Å². The zero-order valence-corrected chi connectivity index (χ0v) is 12.2. The summed E-state index contributed by atoms with van der Waals surface area (Å²) in [4.78, 5) is 18.0. The Bertz CT molecular complexity index is 671. The predicted molar refractivity (Wildman–Crippen MR) is 82.0 cm³/mol. The lowest BCUT2D eigenvalue weighted by molar-refractivity contribution is -0.151. The highest BCUT2D eigenvalue weighted by Gasteiger charge is 2.37. The fourth-order valence-corrected chi connectivity index (χ4v) is 3.14. The molecule has 0 saturated carbocycles. The summed E-state index contributed by atoms with van der Waals surface area (Å²) in [6.07, 6.45) is 3.50. The molecule has 0 radical (unpaired) electrons. The number of hydrogen-bond acceptors (Lipinski definition) is 3. The number of carboxylic acids is 1. The van der Waals surface area contributed by atoms with E-state index in [1.54, 1.807) is 6.20 Å². The maximum Gasteiger partial charge on any atom is 0.310 e. The van der Waals surface area contributed by atoms with Crippen LogP contribution in [0.25, 0.3) is 10.9 Å². The van der Waals surface area contributed by atoms with Crippen LogP contribution in [0.15, 0.2) is 36.5 Å². The average molecular weight is 284 g/mol. The number of benzene rings is 1. The molecule has 1 fully saturated rings. The summed E-state index contributed by atoms with van der Waals surface area (Å²) in [5, 5.41) is 10.5. The molecular formula is C17H20N2O2. The van der Waals surface area contributed by atoms with E-state index in [1.165, 1.54) is 5.56 Å². The van der Waals surface area contributed by atoms with Gasteiger partial charge in [0, 0.05) is 24.7 Å². The van der Waals surface area contributed by atoms with Crippen LogP contribution < -0.4 is 0 Å². The Labute approximate surface area is 124 Å². The van der Waals surface area contributed by atoms with Gasteiger partial charge in [0.2, 0.25) is 0 Å². The van der Waals surface area contributed by atoms with Gasteiger partial charge in [-0.1, -0.05) is 12.1 Å². The molecule has 4 nitrogen and oxygen atoms in total. The lowest BCUT2D eigenvalue weighted by Gasteiger charge is -2.37. The third kappa shape index (κ3) is 2.90. The third-order valence-corrected chi connectivity index (χ3v) is 4.37. The predicted octanol–water partition coefficient (Wildman–Crippen LogP) is 2.92. The summed E-state index contributed by atoms with van der Waals surface area (Å²) in [6.45, 7) is 4.24. The van der Waals surface area contributed by atoms with Gasteiger partial charge in [0.25, 0.3) is 0 Å². The summed E-state index contributed by atoms with van der Waals surface area (Å²) in [6, 6.07) is 10.3. The molecule has 3 rings (SSSR count). The molecule has 0 amide bonds. The first kappa shape index (κ1) is 14.0. The van der Waals surface area contributed by atoms with Crippen molar-refractivity contribution >= 4 is 16.9 Å². The van der Waals surface area contributed by atoms with Gasteiger partial charge in [-0.3, -0.25) is 14.7 Å². The standard InChI is InChI=1S/C17H20N2O2/c1-17(16(20)21)7-3-9-19(12-17)11-13-5-6-15-14(10-13)4-2-8-18-15/h2,4-6,8,10H,3,7,9,11-12H2,1H3,(H,20,21). The third-order valence-electron chi connectivity index (χ3n) is 4.37. The summed E-state index contributed by atoms with van der Waals surface area (Å²) in [5.74, 6) is -0.685. The van der Waals surface area contributed by atoms with Crippen LogP contribution in [0.1, 0.15) is 25.3 Å². The van der Waals surface area contributed by atoms with Crippen LogP contribution in [0.2, 0.25) is 0 Å². The van der Waals surface area contributed by atoms with E-state index in [-0.39, 0.29) is 0 Å². The zero-order chi connectivity index (χ0) is 14.9. The van der Waals surface area contributed by atoms with Crippen molar-refractivity contribution < 1.29 is 9.90 Å². The van der Waals surface area contributed by atoms with Gasteiger partial charge >= 0.3 is 5.97 Å². The van der Waals surface area contributed by atoms with Gasteiger partial charge in [0.1, 0.15) is 0 Å². The number of fused-ring (bicyclic) bond motifs is 1. The van der Waals surface area contributed by atoms with Gasteiger partial charge < -0.3 is 5.11 Å². The second-order valence-corrected chi connectivity index (χ2v) is 6.21. The van der Waals surface area contributed by atoms with E-state index in [0.717, 1.165) is 36.8 Å². The van der Waals surface area contributed by atoms with Crippen molar-refractivity contribution in [2.75, 3.05) is 13.1 Å². The van der Waals surface area contributed by atoms with Gasteiger partial charge in [-0.25, -0.2) is 0 Å². The van der Waals surface area contributed by atoms with Gasteiger partial charge in [0.15, 0.2) is 0 Å². The van der Waals surface area contributed by atoms with Crippen LogP contribution in [0.4, 0.5) is 0 Å². The number of hydrogen-bond donors (Lipinski definition) is 1. The van der Waals surface area contributed by atoms with E-state index < -0.39 is 11.4 Å². The van der Waals surface area contributed by atoms with Crippen molar-refractivity contribution in [3.63, 3.8) is 0 Å². The number of aromatic nitrogens is 1. The molecule has 21 heavy (non-hydrogen) atoms. The van der Waals surface area contributed by atoms with Crippen LogP contribution >= 0.6 is 0 Å². The van der Waals surface area contributed by atoms with E-state index in [9.17, 15) is 9.90 Å². The highest BCUT2D eigenvalue weighted by Crippen LogP contribution is 2.30. The number of pyridine rings is 1. The number of nitrogens with zero attached hydrogens (tertiary/aromatic N) is 2. The Morgan fingerprint density at radius 3 is 3.10 bits per heavy atom. The Morgan fingerprint density at radius 2 is 2.29 bits per heavy atom. The van der Waals surface area contributed by atoms with Crippen LogP contribution in [-0.4, -0.2) is 34.0 Å². The minimum absolute atomic E-state index is 0.614. The van der Waals surface area contributed by atoms with Crippen molar-refractivity contribution in [3.05, 3.63) is 42.1 Å². The van der Waals surface area contributed by atoms with Crippen molar-refractivity contribution in [1.29, 1.82) is 0 Å². The van der Waals surface area contributed by atoms with E-state index in [1.807, 2.05) is 19.1 Å². The first-order chi connectivity index (χ1) is 10.1. The van der Waals surface area contributed by atoms with Crippen LogP contribution in [0.5, 0.6) is 0 Å². The molecule has 0 aliphatic carbocycles. The Balaban J connectivity index is 1.77. The number of carbonyl (C=O) groups is 1. The second kappa shape index (κ2) is 5.45. The molecule has 1 atom stereocenters. The Kier molecular flexibility index (Phi) is 3.64.